The van der Waals surface area contributed by atoms with Gasteiger partial charge in [0, 0.05) is 0 Å². The van der Waals surface area contributed by atoms with Gasteiger partial charge in [0.05, 0.1) is 17.8 Å². The lowest BCUT2D eigenvalue weighted by Crippen LogP contribution is -2.25. The quantitative estimate of drug-likeness (QED) is 0.944. The minimum atomic E-state index is -0.881. The van der Waals surface area contributed by atoms with Crippen LogP contribution in [0, 0.1) is 0 Å². The topological polar surface area (TPSA) is 70.0 Å². The van der Waals surface area contributed by atoms with Crippen LogP contribution in [0.3, 0.4) is 0 Å². The molecule has 0 spiro atoms. The highest BCUT2D eigenvalue weighted by Gasteiger charge is 2.35. The molecule has 0 bridgehead atoms. The normalized spacial score (nSPS) is 17.3. The van der Waals surface area contributed by atoms with Crippen molar-refractivity contribution in [1.29, 1.82) is 0 Å². The van der Waals surface area contributed by atoms with Crippen molar-refractivity contribution >= 4 is 23.3 Å². The lowest BCUT2D eigenvalue weighted by atomic mass is 9.95. The Bertz CT molecular complexity index is 767. The van der Waals surface area contributed by atoms with Gasteiger partial charge >= 0.3 is 5.97 Å². The molecule has 23 heavy (non-hydrogen) atoms. The second-order valence-corrected chi connectivity index (χ2v) is 5.47. The van der Waals surface area contributed by atoms with Crippen LogP contribution >= 0.6 is 0 Å². The van der Waals surface area contributed by atoms with Crippen LogP contribution in [0.15, 0.2) is 59.7 Å². The Hall–Kier alpha value is -2.95. The highest BCUT2D eigenvalue weighted by atomic mass is 16.4. The number of nitrogens with zero attached hydrogens (tertiary/aromatic N) is 2. The molecule has 0 saturated heterocycles. The summed E-state index contributed by atoms with van der Waals surface area (Å²) in [7, 11) is 0. The average molecular weight is 308 g/mol. The molecule has 0 aromatic heterocycles. The SMILES string of the molecule is CC1=NN(c2ccc(CC(=O)O)cc2)C(=O)C1c1ccccc1. The van der Waals surface area contributed by atoms with Crippen LogP contribution in [0.4, 0.5) is 5.69 Å². The van der Waals surface area contributed by atoms with Gasteiger partial charge in [-0.15, -0.1) is 0 Å². The third kappa shape index (κ3) is 2.99. The molecular formula is C18H16N2O3. The molecule has 3 rings (SSSR count). The molecule has 2 aromatic rings. The van der Waals surface area contributed by atoms with Gasteiger partial charge in [-0.1, -0.05) is 42.5 Å². The molecule has 1 aliphatic heterocycles. The molecule has 1 heterocycles. The number of hydrogen-bond acceptors (Lipinski definition) is 3. The fourth-order valence-corrected chi connectivity index (χ4v) is 2.71. The Labute approximate surface area is 133 Å². The van der Waals surface area contributed by atoms with Crippen molar-refractivity contribution < 1.29 is 14.7 Å². The standard InChI is InChI=1S/C18H16N2O3/c1-12-17(14-5-3-2-4-6-14)18(23)20(19-12)15-9-7-13(8-10-15)11-16(21)22/h2-10,17H,11H2,1H3,(H,21,22). The van der Waals surface area contributed by atoms with Crippen molar-refractivity contribution in [1.82, 2.24) is 0 Å². The molecule has 5 nitrogen and oxygen atoms in total. The van der Waals surface area contributed by atoms with Crippen LogP contribution in [0.2, 0.25) is 0 Å². The first-order valence-electron chi connectivity index (χ1n) is 7.31. The Kier molecular flexibility index (Phi) is 3.93. The summed E-state index contributed by atoms with van der Waals surface area (Å²) in [4.78, 5) is 23.4. The van der Waals surface area contributed by atoms with Gasteiger partial charge in [0.1, 0.15) is 5.92 Å². The Morgan fingerprint density at radius 1 is 1.13 bits per heavy atom. The van der Waals surface area contributed by atoms with Crippen LogP contribution < -0.4 is 5.01 Å². The van der Waals surface area contributed by atoms with Crippen LogP contribution in [-0.4, -0.2) is 22.7 Å². The lowest BCUT2D eigenvalue weighted by Gasteiger charge is -2.15. The molecule has 0 aliphatic carbocycles. The number of benzene rings is 2. The highest BCUT2D eigenvalue weighted by molar-refractivity contribution is 6.18. The number of carbonyl (C=O) groups excluding carboxylic acids is 1. The average Bonchev–Trinajstić information content (AvgIpc) is 2.83. The fraction of sp³-hybridized carbons (Fsp3) is 0.167. The predicted octanol–water partition coefficient (Wildman–Crippen LogP) is 2.82. The van der Waals surface area contributed by atoms with E-state index in [0.717, 1.165) is 11.3 Å². The van der Waals surface area contributed by atoms with Gasteiger partial charge in [-0.2, -0.15) is 10.1 Å². The molecule has 0 saturated carbocycles. The van der Waals surface area contributed by atoms with Gasteiger partial charge in [-0.05, 0) is 30.2 Å². The largest absolute Gasteiger partial charge is 0.481 e. The van der Waals surface area contributed by atoms with Gasteiger partial charge in [-0.25, -0.2) is 0 Å². The van der Waals surface area contributed by atoms with Crippen LogP contribution in [0.25, 0.3) is 0 Å². The molecular weight excluding hydrogens is 292 g/mol. The summed E-state index contributed by atoms with van der Waals surface area (Å²) >= 11 is 0. The zero-order chi connectivity index (χ0) is 16.4. The van der Waals surface area contributed by atoms with Crippen molar-refractivity contribution in [3.63, 3.8) is 0 Å². The Morgan fingerprint density at radius 2 is 1.78 bits per heavy atom. The number of hydrazone groups is 1. The van der Waals surface area contributed by atoms with E-state index in [9.17, 15) is 9.59 Å². The van der Waals surface area contributed by atoms with Crippen LogP contribution in [-0.2, 0) is 16.0 Å². The molecule has 0 fully saturated rings. The first-order valence-corrected chi connectivity index (χ1v) is 7.31. The zero-order valence-electron chi connectivity index (χ0n) is 12.6. The maximum atomic E-state index is 12.7. The number of carboxylic acid groups (broad SMARTS) is 1. The molecule has 1 N–H and O–H groups in total. The smallest absolute Gasteiger partial charge is 0.307 e. The Morgan fingerprint density at radius 3 is 2.39 bits per heavy atom. The maximum absolute atomic E-state index is 12.7. The molecule has 116 valence electrons. The van der Waals surface area contributed by atoms with Gasteiger partial charge in [0.2, 0.25) is 0 Å². The van der Waals surface area contributed by atoms with Crippen LogP contribution in [0.5, 0.6) is 0 Å². The molecule has 0 radical (unpaired) electrons. The molecule has 1 atom stereocenters. The molecule has 1 aliphatic rings. The van der Waals surface area contributed by atoms with Crippen molar-refractivity contribution in [3.05, 3.63) is 65.7 Å². The number of amides is 1. The third-order valence-electron chi connectivity index (χ3n) is 3.80. The maximum Gasteiger partial charge on any atom is 0.307 e. The summed E-state index contributed by atoms with van der Waals surface area (Å²) < 4.78 is 0. The molecule has 2 aromatic carbocycles. The van der Waals surface area contributed by atoms with E-state index in [-0.39, 0.29) is 18.2 Å². The second-order valence-electron chi connectivity index (χ2n) is 5.47. The number of rotatable bonds is 4. The Balaban J connectivity index is 1.85. The monoisotopic (exact) mass is 308 g/mol. The van der Waals surface area contributed by atoms with E-state index < -0.39 is 5.97 Å². The first-order chi connectivity index (χ1) is 11.1. The van der Waals surface area contributed by atoms with E-state index in [2.05, 4.69) is 5.10 Å². The molecule has 5 heteroatoms. The fourth-order valence-electron chi connectivity index (χ4n) is 2.71. The number of aliphatic carboxylic acids is 1. The van der Waals surface area contributed by atoms with Crippen molar-refractivity contribution in [2.24, 2.45) is 5.10 Å². The highest BCUT2D eigenvalue weighted by Crippen LogP contribution is 2.30. The van der Waals surface area contributed by atoms with Crippen molar-refractivity contribution in [3.8, 4) is 0 Å². The summed E-state index contributed by atoms with van der Waals surface area (Å²) in [6, 6.07) is 16.4. The number of carbonyl (C=O) groups is 2. The van der Waals surface area contributed by atoms with Gasteiger partial charge in [0.25, 0.3) is 5.91 Å². The van der Waals surface area contributed by atoms with Gasteiger partial charge in [0.15, 0.2) is 0 Å². The van der Waals surface area contributed by atoms with E-state index in [1.54, 1.807) is 24.3 Å². The van der Waals surface area contributed by atoms with Gasteiger partial charge in [-0.3, -0.25) is 9.59 Å². The summed E-state index contributed by atoms with van der Waals surface area (Å²) in [6.45, 7) is 1.84. The third-order valence-corrected chi connectivity index (χ3v) is 3.80. The number of hydrogen-bond donors (Lipinski definition) is 1. The van der Waals surface area contributed by atoms with E-state index in [1.807, 2.05) is 37.3 Å². The summed E-state index contributed by atoms with van der Waals surface area (Å²) in [5.41, 5.74) is 3.00. The van der Waals surface area contributed by atoms with E-state index >= 15 is 0 Å². The molecule has 1 unspecified atom stereocenters. The minimum Gasteiger partial charge on any atom is -0.481 e. The summed E-state index contributed by atoms with van der Waals surface area (Å²) in [5, 5.41) is 14.6. The second kappa shape index (κ2) is 6.04. The number of carboxylic acids is 1. The van der Waals surface area contributed by atoms with Gasteiger partial charge < -0.3 is 5.11 Å². The van der Waals surface area contributed by atoms with E-state index in [4.69, 9.17) is 5.11 Å². The summed E-state index contributed by atoms with van der Waals surface area (Å²) in [6.07, 6.45) is -0.0385. The molecule has 1 amide bonds. The number of anilines is 1. The first kappa shape index (κ1) is 15.0. The van der Waals surface area contributed by atoms with E-state index in [0.29, 0.717) is 11.3 Å². The lowest BCUT2D eigenvalue weighted by molar-refractivity contribution is -0.136. The van der Waals surface area contributed by atoms with Crippen LogP contribution in [0.1, 0.15) is 24.0 Å². The van der Waals surface area contributed by atoms with Crippen molar-refractivity contribution in [2.75, 3.05) is 5.01 Å². The van der Waals surface area contributed by atoms with E-state index in [1.165, 1.54) is 5.01 Å². The van der Waals surface area contributed by atoms with Crippen molar-refractivity contribution in [2.45, 2.75) is 19.3 Å². The minimum absolute atomic E-state index is 0.0385. The zero-order valence-corrected chi connectivity index (χ0v) is 12.6. The predicted molar refractivity (Wildman–Crippen MR) is 87.6 cm³/mol. The summed E-state index contributed by atoms with van der Waals surface area (Å²) in [5.74, 6) is -1.34.